The highest BCUT2D eigenvalue weighted by Crippen LogP contribution is 2.38. The summed E-state index contributed by atoms with van der Waals surface area (Å²) in [4.78, 5) is 40.6. The van der Waals surface area contributed by atoms with Gasteiger partial charge in [0.1, 0.15) is 0 Å². The van der Waals surface area contributed by atoms with Crippen LogP contribution in [-0.2, 0) is 26.3 Å². The fourth-order valence-corrected chi connectivity index (χ4v) is 4.69. The van der Waals surface area contributed by atoms with Crippen molar-refractivity contribution >= 4 is 17.7 Å². The summed E-state index contributed by atoms with van der Waals surface area (Å²) < 4.78 is 5.76. The molecule has 1 aliphatic carbocycles. The average Bonchev–Trinajstić information content (AvgIpc) is 3.35. The van der Waals surface area contributed by atoms with Gasteiger partial charge in [-0.05, 0) is 36.0 Å². The van der Waals surface area contributed by atoms with E-state index in [1.165, 1.54) is 15.4 Å². The van der Waals surface area contributed by atoms with E-state index in [0.29, 0.717) is 11.8 Å². The standard InChI is InChI=1S/C25H32N4O4/c1-25(2,3)17-11-9-16(10-12-17)22-27-26-20(33-22)15-28(4)21(30)13-14-29-23(31)18-7-5-6-8-19(18)24(29)32/h9-12,18-19H,5-8,13-15H2,1-4H3/t18-,19-/m0/s1. The fourth-order valence-electron chi connectivity index (χ4n) is 4.69. The normalized spacial score (nSPS) is 20.8. The number of hydrogen-bond acceptors (Lipinski definition) is 6. The number of fused-ring (bicyclic) bond motifs is 1. The van der Waals surface area contributed by atoms with Crippen LogP contribution in [-0.4, -0.2) is 51.3 Å². The Morgan fingerprint density at radius 3 is 2.24 bits per heavy atom. The zero-order valence-corrected chi connectivity index (χ0v) is 19.8. The number of rotatable bonds is 6. The van der Waals surface area contributed by atoms with Crippen LogP contribution in [0.4, 0.5) is 0 Å². The van der Waals surface area contributed by atoms with E-state index < -0.39 is 0 Å². The van der Waals surface area contributed by atoms with Crippen LogP contribution < -0.4 is 0 Å². The molecule has 3 amide bonds. The minimum Gasteiger partial charge on any atom is -0.419 e. The van der Waals surface area contributed by atoms with Gasteiger partial charge in [0.2, 0.25) is 29.5 Å². The van der Waals surface area contributed by atoms with Crippen LogP contribution in [0.5, 0.6) is 0 Å². The molecular weight excluding hydrogens is 420 g/mol. The minimum absolute atomic E-state index is 0.0594. The van der Waals surface area contributed by atoms with Crippen LogP contribution in [0.3, 0.4) is 0 Å². The molecule has 0 spiro atoms. The van der Waals surface area contributed by atoms with Crippen molar-refractivity contribution in [2.45, 2.75) is 64.8 Å². The average molecular weight is 453 g/mol. The third-order valence-electron chi connectivity index (χ3n) is 6.74. The zero-order valence-electron chi connectivity index (χ0n) is 19.8. The van der Waals surface area contributed by atoms with Gasteiger partial charge in [-0.2, -0.15) is 0 Å². The smallest absolute Gasteiger partial charge is 0.247 e. The van der Waals surface area contributed by atoms with Gasteiger partial charge < -0.3 is 9.32 Å². The number of carbonyl (C=O) groups excluding carboxylic acids is 3. The van der Waals surface area contributed by atoms with E-state index in [0.717, 1.165) is 31.2 Å². The maximum absolute atomic E-state index is 12.6. The highest BCUT2D eigenvalue weighted by molar-refractivity contribution is 6.05. The van der Waals surface area contributed by atoms with E-state index in [9.17, 15) is 14.4 Å². The first-order valence-electron chi connectivity index (χ1n) is 11.7. The second-order valence-corrected chi connectivity index (χ2v) is 10.2. The van der Waals surface area contributed by atoms with Crippen molar-refractivity contribution in [3.63, 3.8) is 0 Å². The summed E-state index contributed by atoms with van der Waals surface area (Å²) in [7, 11) is 1.65. The summed E-state index contributed by atoms with van der Waals surface area (Å²) in [5, 5.41) is 8.18. The van der Waals surface area contributed by atoms with E-state index in [1.54, 1.807) is 7.05 Å². The number of nitrogens with zero attached hydrogens (tertiary/aromatic N) is 4. The molecule has 1 aliphatic heterocycles. The lowest BCUT2D eigenvalue weighted by atomic mass is 9.81. The summed E-state index contributed by atoms with van der Waals surface area (Å²) in [6, 6.07) is 8.00. The number of likely N-dealkylation sites (tertiary alicyclic amines) is 1. The van der Waals surface area contributed by atoms with Crippen LogP contribution >= 0.6 is 0 Å². The van der Waals surface area contributed by atoms with Gasteiger partial charge in [-0.25, -0.2) is 0 Å². The maximum atomic E-state index is 12.6. The third kappa shape index (κ3) is 4.84. The van der Waals surface area contributed by atoms with Crippen molar-refractivity contribution < 1.29 is 18.8 Å². The number of amides is 3. The Balaban J connectivity index is 1.32. The highest BCUT2D eigenvalue weighted by atomic mass is 16.4. The van der Waals surface area contributed by atoms with Crippen molar-refractivity contribution in [1.29, 1.82) is 0 Å². The van der Waals surface area contributed by atoms with E-state index in [2.05, 4.69) is 31.0 Å². The van der Waals surface area contributed by atoms with Gasteiger partial charge in [-0.15, -0.1) is 10.2 Å². The molecule has 0 N–H and O–H groups in total. The van der Waals surface area contributed by atoms with E-state index >= 15 is 0 Å². The molecule has 1 saturated carbocycles. The first-order valence-corrected chi connectivity index (χ1v) is 11.7. The van der Waals surface area contributed by atoms with E-state index in [4.69, 9.17) is 4.42 Å². The van der Waals surface area contributed by atoms with Crippen molar-refractivity contribution in [3.05, 3.63) is 35.7 Å². The van der Waals surface area contributed by atoms with Gasteiger partial charge in [-0.3, -0.25) is 19.3 Å². The van der Waals surface area contributed by atoms with Crippen molar-refractivity contribution in [2.24, 2.45) is 11.8 Å². The van der Waals surface area contributed by atoms with Crippen LogP contribution in [0.1, 0.15) is 64.3 Å². The zero-order chi connectivity index (χ0) is 23.8. The predicted molar refractivity (Wildman–Crippen MR) is 122 cm³/mol. The van der Waals surface area contributed by atoms with Crippen molar-refractivity contribution in [2.75, 3.05) is 13.6 Å². The molecule has 1 aromatic carbocycles. The molecule has 0 unspecified atom stereocenters. The summed E-state index contributed by atoms with van der Waals surface area (Å²) in [5.41, 5.74) is 2.10. The van der Waals surface area contributed by atoms with Gasteiger partial charge in [0, 0.05) is 25.6 Å². The third-order valence-corrected chi connectivity index (χ3v) is 6.74. The van der Waals surface area contributed by atoms with Gasteiger partial charge >= 0.3 is 0 Å². The van der Waals surface area contributed by atoms with Gasteiger partial charge in [0.25, 0.3) is 0 Å². The lowest BCUT2D eigenvalue weighted by Gasteiger charge is -2.19. The molecule has 0 radical (unpaired) electrons. The molecule has 1 aromatic heterocycles. The molecule has 4 rings (SSSR count). The second kappa shape index (κ2) is 9.08. The van der Waals surface area contributed by atoms with E-state index in [1.807, 2.05) is 24.3 Å². The molecule has 2 heterocycles. The second-order valence-electron chi connectivity index (χ2n) is 10.2. The molecule has 1 saturated heterocycles. The highest BCUT2D eigenvalue weighted by Gasteiger charge is 2.47. The first-order chi connectivity index (χ1) is 15.6. The minimum atomic E-state index is -0.187. The Hall–Kier alpha value is -3.03. The molecule has 2 fully saturated rings. The predicted octanol–water partition coefficient (Wildman–Crippen LogP) is 3.56. The number of benzene rings is 1. The molecule has 33 heavy (non-hydrogen) atoms. The summed E-state index contributed by atoms with van der Waals surface area (Å²) >= 11 is 0. The molecule has 2 atom stereocenters. The molecular formula is C25H32N4O4. The first kappa shape index (κ1) is 23.1. The molecule has 0 bridgehead atoms. The monoisotopic (exact) mass is 452 g/mol. The number of carbonyl (C=O) groups is 3. The summed E-state index contributed by atoms with van der Waals surface area (Å²) in [5.74, 6) is -0.0397. The topological polar surface area (TPSA) is 96.6 Å². The van der Waals surface area contributed by atoms with Crippen molar-refractivity contribution in [1.82, 2.24) is 20.0 Å². The molecule has 8 nitrogen and oxygen atoms in total. The maximum Gasteiger partial charge on any atom is 0.247 e. The van der Waals surface area contributed by atoms with Crippen molar-refractivity contribution in [3.8, 4) is 11.5 Å². The quantitative estimate of drug-likeness (QED) is 0.622. The Morgan fingerprint density at radius 2 is 1.67 bits per heavy atom. The van der Waals surface area contributed by atoms with Gasteiger partial charge in [-0.1, -0.05) is 45.7 Å². The number of aromatic nitrogens is 2. The lowest BCUT2D eigenvalue weighted by molar-refractivity contribution is -0.140. The van der Waals surface area contributed by atoms with E-state index in [-0.39, 0.29) is 54.5 Å². The number of imide groups is 1. The van der Waals surface area contributed by atoms with Crippen LogP contribution in [0, 0.1) is 11.8 Å². The van der Waals surface area contributed by atoms with Gasteiger partial charge in [0.05, 0.1) is 18.4 Å². The van der Waals surface area contributed by atoms with Gasteiger partial charge in [0.15, 0.2) is 0 Å². The Kier molecular flexibility index (Phi) is 6.36. The Morgan fingerprint density at radius 1 is 1.06 bits per heavy atom. The molecule has 2 aliphatic rings. The Bertz CT molecular complexity index is 1010. The van der Waals surface area contributed by atoms with Crippen LogP contribution in [0.2, 0.25) is 0 Å². The molecule has 2 aromatic rings. The van der Waals surface area contributed by atoms with Crippen LogP contribution in [0.25, 0.3) is 11.5 Å². The summed E-state index contributed by atoms with van der Waals surface area (Å²) in [6.45, 7) is 6.76. The van der Waals surface area contributed by atoms with Crippen LogP contribution in [0.15, 0.2) is 28.7 Å². The summed E-state index contributed by atoms with van der Waals surface area (Å²) in [6.07, 6.45) is 3.61. The lowest BCUT2D eigenvalue weighted by Crippen LogP contribution is -2.36. The Labute approximate surface area is 194 Å². The molecule has 176 valence electrons. The number of hydrogen-bond donors (Lipinski definition) is 0. The molecule has 8 heteroatoms. The SMILES string of the molecule is CN(Cc1nnc(-c2ccc(C(C)(C)C)cc2)o1)C(=O)CCN1C(=O)[C@H]2CCCC[C@@H]2C1=O. The largest absolute Gasteiger partial charge is 0.419 e. The fraction of sp³-hybridized carbons (Fsp3) is 0.560.